The largest absolute Gasteiger partial charge is 0.294 e. The molecule has 24 heavy (non-hydrogen) atoms. The lowest BCUT2D eigenvalue weighted by molar-refractivity contribution is 0.224. The maximum Gasteiger partial charge on any atom is 0.275 e. The summed E-state index contributed by atoms with van der Waals surface area (Å²) in [5, 5.41) is 3.53. The fourth-order valence-corrected chi connectivity index (χ4v) is 5.95. The summed E-state index contributed by atoms with van der Waals surface area (Å²) < 4.78 is 3.67. The normalized spacial score (nSPS) is 26.8. The van der Waals surface area contributed by atoms with Gasteiger partial charge in [-0.1, -0.05) is 78.1 Å². The van der Waals surface area contributed by atoms with E-state index in [4.69, 9.17) is 0 Å². The smallest absolute Gasteiger partial charge is 0.275 e. The van der Waals surface area contributed by atoms with Crippen LogP contribution in [0.1, 0.15) is 61.9 Å². The zero-order valence-electron chi connectivity index (χ0n) is 14.2. The molecule has 2 aromatic rings. The van der Waals surface area contributed by atoms with Crippen molar-refractivity contribution < 1.29 is 0 Å². The zero-order chi connectivity index (χ0) is 17.3. The highest BCUT2D eigenvalue weighted by Crippen LogP contribution is 2.66. The Bertz CT molecular complexity index is 880. The summed E-state index contributed by atoms with van der Waals surface area (Å²) >= 11 is 4.75. The van der Waals surface area contributed by atoms with Crippen molar-refractivity contribution in [1.82, 2.24) is 9.78 Å². The minimum absolute atomic E-state index is 0.0861. The summed E-state index contributed by atoms with van der Waals surface area (Å²) in [6.07, 6.45) is 2.31. The standard InChI is InChI=1S/C19H22I2N2O/c1-18(2)13-6-7-19(18,3)16-15(13)17(24)23(22-16)14-8-11(9-20)4-5-12(14)10-21/h4-5,8,13,22H,6-7,9-10H2,1-3H3/t13-,19+/m1/s1. The summed E-state index contributed by atoms with van der Waals surface area (Å²) in [4.78, 5) is 13.3. The molecule has 2 aliphatic rings. The van der Waals surface area contributed by atoms with Crippen molar-refractivity contribution in [3.8, 4) is 5.69 Å². The quantitative estimate of drug-likeness (QED) is 0.416. The summed E-state index contributed by atoms with van der Waals surface area (Å²) in [7, 11) is 0. The molecular weight excluding hydrogens is 526 g/mol. The Morgan fingerprint density at radius 2 is 2.00 bits per heavy atom. The molecule has 2 bridgehead atoms. The van der Waals surface area contributed by atoms with E-state index in [1.54, 1.807) is 0 Å². The van der Waals surface area contributed by atoms with Crippen molar-refractivity contribution in [2.75, 3.05) is 0 Å². The molecule has 0 radical (unpaired) electrons. The second-order valence-electron chi connectivity index (χ2n) is 7.92. The first kappa shape index (κ1) is 17.1. The number of alkyl halides is 2. The summed E-state index contributed by atoms with van der Waals surface area (Å²) in [6, 6.07) is 6.50. The SMILES string of the molecule is CC1(C)[C@@H]2CC[C@@]1(C)c1[nH]n(-c3cc(CI)ccc3CI)c(=O)c12. The predicted octanol–water partition coefficient (Wildman–Crippen LogP) is 5.21. The molecule has 1 aromatic carbocycles. The average Bonchev–Trinajstić information content (AvgIpc) is 3.09. The van der Waals surface area contributed by atoms with Crippen LogP contribution in [0.2, 0.25) is 0 Å². The second-order valence-corrected chi connectivity index (χ2v) is 9.44. The molecule has 2 atom stereocenters. The predicted molar refractivity (Wildman–Crippen MR) is 115 cm³/mol. The number of aromatic nitrogens is 2. The number of rotatable bonds is 3. The van der Waals surface area contributed by atoms with E-state index in [1.807, 2.05) is 4.68 Å². The topological polar surface area (TPSA) is 37.8 Å². The van der Waals surface area contributed by atoms with Crippen LogP contribution in [0.3, 0.4) is 0 Å². The Labute approximate surface area is 169 Å². The van der Waals surface area contributed by atoms with E-state index in [1.165, 1.54) is 23.2 Å². The van der Waals surface area contributed by atoms with Crippen LogP contribution in [0.15, 0.2) is 23.0 Å². The van der Waals surface area contributed by atoms with Crippen LogP contribution in [0.4, 0.5) is 0 Å². The molecule has 1 heterocycles. The van der Waals surface area contributed by atoms with E-state index in [0.29, 0.717) is 5.92 Å². The minimum Gasteiger partial charge on any atom is -0.294 e. The molecular formula is C19H22I2N2O. The van der Waals surface area contributed by atoms with E-state index < -0.39 is 0 Å². The fraction of sp³-hybridized carbons (Fsp3) is 0.526. The van der Waals surface area contributed by atoms with Gasteiger partial charge in [-0.2, -0.15) is 0 Å². The molecule has 128 valence electrons. The summed E-state index contributed by atoms with van der Waals surface area (Å²) in [6.45, 7) is 6.99. The van der Waals surface area contributed by atoms with Gasteiger partial charge in [0.05, 0.1) is 5.69 Å². The van der Waals surface area contributed by atoms with Crippen molar-refractivity contribution in [3.05, 3.63) is 50.9 Å². The van der Waals surface area contributed by atoms with Crippen LogP contribution in [-0.2, 0) is 14.3 Å². The van der Waals surface area contributed by atoms with Crippen LogP contribution >= 0.6 is 45.2 Å². The minimum atomic E-state index is 0.0861. The molecule has 0 saturated heterocycles. The number of hydrogen-bond donors (Lipinski definition) is 1. The Kier molecular flexibility index (Phi) is 3.99. The Morgan fingerprint density at radius 1 is 1.25 bits per heavy atom. The van der Waals surface area contributed by atoms with Gasteiger partial charge >= 0.3 is 0 Å². The lowest BCUT2D eigenvalue weighted by Crippen LogP contribution is -2.33. The maximum atomic E-state index is 13.3. The molecule has 1 N–H and O–H groups in total. The van der Waals surface area contributed by atoms with Gasteiger partial charge in [-0.3, -0.25) is 9.89 Å². The van der Waals surface area contributed by atoms with Crippen LogP contribution in [0, 0.1) is 5.41 Å². The van der Waals surface area contributed by atoms with Gasteiger partial charge in [0, 0.05) is 25.5 Å². The first-order chi connectivity index (χ1) is 11.3. The lowest BCUT2D eigenvalue weighted by Gasteiger charge is -2.34. The van der Waals surface area contributed by atoms with Crippen molar-refractivity contribution in [3.63, 3.8) is 0 Å². The third-order valence-corrected chi connectivity index (χ3v) is 8.44. The van der Waals surface area contributed by atoms with Crippen molar-refractivity contribution in [1.29, 1.82) is 0 Å². The van der Waals surface area contributed by atoms with Crippen LogP contribution < -0.4 is 5.56 Å². The number of nitrogens with zero attached hydrogens (tertiary/aromatic N) is 1. The molecule has 1 fully saturated rings. The molecule has 0 spiro atoms. The van der Waals surface area contributed by atoms with Gasteiger partial charge in [-0.25, -0.2) is 4.68 Å². The Balaban J connectivity index is 1.94. The first-order valence-electron chi connectivity index (χ1n) is 8.44. The first-order valence-corrected chi connectivity index (χ1v) is 11.5. The van der Waals surface area contributed by atoms with Crippen LogP contribution in [0.25, 0.3) is 5.69 Å². The summed E-state index contributed by atoms with van der Waals surface area (Å²) in [5.74, 6) is 0.387. The average molecular weight is 548 g/mol. The Morgan fingerprint density at radius 3 is 2.62 bits per heavy atom. The second kappa shape index (κ2) is 5.59. The third kappa shape index (κ3) is 2.03. The van der Waals surface area contributed by atoms with E-state index in [-0.39, 0.29) is 16.4 Å². The molecule has 5 heteroatoms. The van der Waals surface area contributed by atoms with Gasteiger partial charge in [0.15, 0.2) is 0 Å². The number of fused-ring (bicyclic) bond motifs is 5. The van der Waals surface area contributed by atoms with Crippen molar-refractivity contribution >= 4 is 45.2 Å². The highest BCUT2D eigenvalue weighted by Gasteiger charge is 2.61. The molecule has 1 saturated carbocycles. The van der Waals surface area contributed by atoms with Crippen LogP contribution in [-0.4, -0.2) is 9.78 Å². The highest BCUT2D eigenvalue weighted by atomic mass is 127. The van der Waals surface area contributed by atoms with Crippen LogP contribution in [0.5, 0.6) is 0 Å². The highest BCUT2D eigenvalue weighted by molar-refractivity contribution is 14.1. The number of H-pyrrole nitrogens is 1. The number of nitrogens with one attached hydrogen (secondary N) is 1. The van der Waals surface area contributed by atoms with E-state index in [0.717, 1.165) is 26.5 Å². The third-order valence-electron chi connectivity index (χ3n) is 6.74. The molecule has 1 aromatic heterocycles. The van der Waals surface area contributed by atoms with Crippen molar-refractivity contribution in [2.24, 2.45) is 5.41 Å². The Hall–Kier alpha value is -0.310. The molecule has 0 aliphatic heterocycles. The van der Waals surface area contributed by atoms with Gasteiger partial charge in [0.2, 0.25) is 0 Å². The number of halogens is 2. The molecule has 4 rings (SSSR count). The van der Waals surface area contributed by atoms with Gasteiger partial charge in [-0.15, -0.1) is 0 Å². The van der Waals surface area contributed by atoms with Crippen molar-refractivity contribution in [2.45, 2.75) is 53.8 Å². The molecule has 0 unspecified atom stereocenters. The lowest BCUT2D eigenvalue weighted by atomic mass is 9.70. The number of aromatic amines is 1. The zero-order valence-corrected chi connectivity index (χ0v) is 18.6. The van der Waals surface area contributed by atoms with Gasteiger partial charge in [0.25, 0.3) is 5.56 Å². The van der Waals surface area contributed by atoms with Gasteiger partial charge in [-0.05, 0) is 41.4 Å². The van der Waals surface area contributed by atoms with Gasteiger partial charge in [0.1, 0.15) is 0 Å². The molecule has 2 aliphatic carbocycles. The molecule has 3 nitrogen and oxygen atoms in total. The monoisotopic (exact) mass is 548 g/mol. The molecule has 0 amide bonds. The van der Waals surface area contributed by atoms with Gasteiger partial charge < -0.3 is 0 Å². The number of hydrogen-bond acceptors (Lipinski definition) is 1. The fourth-order valence-electron chi connectivity index (χ4n) is 4.83. The van der Waals surface area contributed by atoms with E-state index in [9.17, 15) is 4.79 Å². The summed E-state index contributed by atoms with van der Waals surface area (Å²) in [5.41, 5.74) is 6.16. The van der Waals surface area contributed by atoms with E-state index >= 15 is 0 Å². The number of benzene rings is 1. The van der Waals surface area contributed by atoms with E-state index in [2.05, 4.69) is 89.3 Å². The maximum absolute atomic E-state index is 13.3.